The quantitative estimate of drug-likeness (QED) is 0.0910. The van der Waals surface area contributed by atoms with Gasteiger partial charge in [0.1, 0.15) is 13.2 Å². The SMILES string of the molecule is CCCCC(CC)COC(=O)CCC(=O)COC(C)COC(C)COC(=O)CCC(=O)OCC(CC)CCCC. The van der Waals surface area contributed by atoms with Crippen LogP contribution in [0.3, 0.4) is 0 Å². The minimum absolute atomic E-state index is 0.00682. The molecule has 4 unspecified atom stereocenters. The molecule has 0 aliphatic heterocycles. The Labute approximate surface area is 242 Å². The van der Waals surface area contributed by atoms with Crippen LogP contribution < -0.4 is 0 Å². The highest BCUT2D eigenvalue weighted by Gasteiger charge is 2.16. The Morgan fingerprint density at radius 3 is 1.43 bits per heavy atom. The number of rotatable bonds is 26. The first-order chi connectivity index (χ1) is 19.1. The van der Waals surface area contributed by atoms with E-state index in [9.17, 15) is 19.2 Å². The topological polar surface area (TPSA) is 114 Å². The first kappa shape index (κ1) is 38.0. The van der Waals surface area contributed by atoms with Crippen LogP contribution in [0, 0.1) is 11.8 Å². The molecule has 0 fully saturated rings. The number of hydrogen-bond acceptors (Lipinski definition) is 9. The monoisotopic (exact) mass is 572 g/mol. The Morgan fingerprint density at radius 1 is 0.550 bits per heavy atom. The molecule has 0 amide bonds. The summed E-state index contributed by atoms with van der Waals surface area (Å²) in [4.78, 5) is 47.9. The van der Waals surface area contributed by atoms with Gasteiger partial charge in [0.05, 0.1) is 51.3 Å². The van der Waals surface area contributed by atoms with Crippen molar-refractivity contribution in [2.24, 2.45) is 11.8 Å². The number of unbranched alkanes of at least 4 members (excludes halogenated alkanes) is 2. The van der Waals surface area contributed by atoms with Crippen LogP contribution in [-0.4, -0.2) is 68.9 Å². The third-order valence-electron chi connectivity index (χ3n) is 6.81. The Hall–Kier alpha value is -2.00. The van der Waals surface area contributed by atoms with Gasteiger partial charge in [0.15, 0.2) is 5.78 Å². The van der Waals surface area contributed by atoms with Crippen LogP contribution in [0.4, 0.5) is 0 Å². The van der Waals surface area contributed by atoms with Crippen molar-refractivity contribution < 1.29 is 42.9 Å². The summed E-state index contributed by atoms with van der Waals surface area (Å²) < 4.78 is 27.0. The van der Waals surface area contributed by atoms with Crippen LogP contribution in [0.5, 0.6) is 0 Å². The second kappa shape index (κ2) is 24.8. The van der Waals surface area contributed by atoms with Crippen molar-refractivity contribution in [3.05, 3.63) is 0 Å². The molecule has 0 saturated carbocycles. The number of carbonyl (C=O) groups is 4. The van der Waals surface area contributed by atoms with Gasteiger partial charge in [-0.2, -0.15) is 0 Å². The lowest BCUT2D eigenvalue weighted by Gasteiger charge is -2.17. The van der Waals surface area contributed by atoms with Crippen LogP contribution >= 0.6 is 0 Å². The van der Waals surface area contributed by atoms with Gasteiger partial charge in [-0.3, -0.25) is 19.2 Å². The van der Waals surface area contributed by atoms with E-state index in [0.29, 0.717) is 25.0 Å². The molecule has 0 N–H and O–H groups in total. The molecule has 0 heterocycles. The Balaban J connectivity index is 3.96. The van der Waals surface area contributed by atoms with Gasteiger partial charge in [0, 0.05) is 6.42 Å². The number of esters is 3. The molecule has 0 aromatic carbocycles. The predicted octanol–water partition coefficient (Wildman–Crippen LogP) is 5.99. The molecule has 0 spiro atoms. The zero-order valence-electron chi connectivity index (χ0n) is 26.0. The normalized spacial score (nSPS) is 14.2. The molecule has 0 aromatic heterocycles. The van der Waals surface area contributed by atoms with Crippen molar-refractivity contribution in [3.63, 3.8) is 0 Å². The van der Waals surface area contributed by atoms with Gasteiger partial charge in [-0.25, -0.2) is 0 Å². The molecule has 40 heavy (non-hydrogen) atoms. The summed E-state index contributed by atoms with van der Waals surface area (Å²) in [6, 6.07) is 0. The van der Waals surface area contributed by atoms with E-state index in [-0.39, 0.29) is 75.4 Å². The number of ketones is 1. The number of Topliss-reactive ketones (excluding diaryl/α,β-unsaturated/α-hetero) is 1. The van der Waals surface area contributed by atoms with Crippen molar-refractivity contribution in [3.8, 4) is 0 Å². The maximum Gasteiger partial charge on any atom is 0.306 e. The van der Waals surface area contributed by atoms with Crippen LogP contribution in [0.1, 0.15) is 119 Å². The fourth-order valence-electron chi connectivity index (χ4n) is 3.79. The zero-order chi connectivity index (χ0) is 30.2. The average molecular weight is 573 g/mol. The van der Waals surface area contributed by atoms with Crippen LogP contribution in [0.15, 0.2) is 0 Å². The zero-order valence-corrected chi connectivity index (χ0v) is 26.0. The van der Waals surface area contributed by atoms with Gasteiger partial charge in [0.25, 0.3) is 0 Å². The molecule has 0 bridgehead atoms. The Bertz CT molecular complexity index is 636. The summed E-state index contributed by atoms with van der Waals surface area (Å²) in [5, 5.41) is 0. The highest BCUT2D eigenvalue weighted by Crippen LogP contribution is 2.14. The fourth-order valence-corrected chi connectivity index (χ4v) is 3.79. The molecule has 0 aromatic rings. The van der Waals surface area contributed by atoms with Crippen molar-refractivity contribution >= 4 is 23.7 Å². The molecule has 0 rings (SSSR count). The van der Waals surface area contributed by atoms with Crippen molar-refractivity contribution in [2.45, 2.75) is 131 Å². The van der Waals surface area contributed by atoms with Crippen molar-refractivity contribution in [2.75, 3.05) is 33.0 Å². The molecule has 9 nitrogen and oxygen atoms in total. The molecule has 4 atom stereocenters. The van der Waals surface area contributed by atoms with Crippen molar-refractivity contribution in [1.29, 1.82) is 0 Å². The smallest absolute Gasteiger partial charge is 0.306 e. The summed E-state index contributed by atoms with van der Waals surface area (Å²) in [6.07, 6.45) is 7.84. The van der Waals surface area contributed by atoms with E-state index in [1.54, 1.807) is 13.8 Å². The van der Waals surface area contributed by atoms with Crippen molar-refractivity contribution in [1.82, 2.24) is 0 Å². The molecular weight excluding hydrogens is 516 g/mol. The van der Waals surface area contributed by atoms with Gasteiger partial charge in [0.2, 0.25) is 0 Å². The van der Waals surface area contributed by atoms with E-state index in [2.05, 4.69) is 27.7 Å². The molecule has 0 aliphatic rings. The summed E-state index contributed by atoms with van der Waals surface area (Å²) in [6.45, 7) is 12.9. The van der Waals surface area contributed by atoms with E-state index in [4.69, 9.17) is 23.7 Å². The van der Waals surface area contributed by atoms with E-state index in [0.717, 1.165) is 51.4 Å². The van der Waals surface area contributed by atoms with Gasteiger partial charge in [-0.15, -0.1) is 0 Å². The highest BCUT2D eigenvalue weighted by atomic mass is 16.6. The van der Waals surface area contributed by atoms with E-state index in [1.807, 2.05) is 0 Å². The van der Waals surface area contributed by atoms with E-state index < -0.39 is 5.97 Å². The summed E-state index contributed by atoms with van der Waals surface area (Å²) in [5.74, 6) is -0.662. The largest absolute Gasteiger partial charge is 0.465 e. The Kier molecular flexibility index (Phi) is 23.5. The second-order valence-electron chi connectivity index (χ2n) is 10.7. The lowest BCUT2D eigenvalue weighted by molar-refractivity contribution is -0.153. The lowest BCUT2D eigenvalue weighted by atomic mass is 10.0. The fraction of sp³-hybridized carbons (Fsp3) is 0.871. The standard InChI is InChI=1S/C31H56O9/c1-7-11-13-26(9-3)21-39-29(33)16-15-28(32)23-37-24(5)19-36-25(6)20-38-30(34)17-18-31(35)40-22-27(10-4)14-12-8-2/h24-27H,7-23H2,1-6H3. The van der Waals surface area contributed by atoms with Crippen LogP contribution in [0.2, 0.25) is 0 Å². The second-order valence-corrected chi connectivity index (χ2v) is 10.7. The molecular formula is C31H56O9. The summed E-state index contributed by atoms with van der Waals surface area (Å²) in [7, 11) is 0. The third kappa shape index (κ3) is 21.8. The molecule has 0 radical (unpaired) electrons. The first-order valence-corrected chi connectivity index (χ1v) is 15.4. The maximum absolute atomic E-state index is 12.1. The number of carbonyl (C=O) groups excluding carboxylic acids is 4. The minimum Gasteiger partial charge on any atom is -0.465 e. The van der Waals surface area contributed by atoms with E-state index in [1.165, 1.54) is 0 Å². The highest BCUT2D eigenvalue weighted by molar-refractivity contribution is 5.83. The van der Waals surface area contributed by atoms with Crippen LogP contribution in [0.25, 0.3) is 0 Å². The first-order valence-electron chi connectivity index (χ1n) is 15.4. The minimum atomic E-state index is -0.481. The third-order valence-corrected chi connectivity index (χ3v) is 6.81. The molecule has 9 heteroatoms. The molecule has 0 aliphatic carbocycles. The number of ether oxygens (including phenoxy) is 5. The Morgan fingerprint density at radius 2 is 0.975 bits per heavy atom. The van der Waals surface area contributed by atoms with Gasteiger partial charge in [-0.1, -0.05) is 66.2 Å². The summed E-state index contributed by atoms with van der Waals surface area (Å²) in [5.41, 5.74) is 0. The van der Waals surface area contributed by atoms with E-state index >= 15 is 0 Å². The molecule has 0 saturated heterocycles. The van der Waals surface area contributed by atoms with Gasteiger partial charge < -0.3 is 23.7 Å². The van der Waals surface area contributed by atoms with Gasteiger partial charge >= 0.3 is 17.9 Å². The maximum atomic E-state index is 12.1. The average Bonchev–Trinajstić information content (AvgIpc) is 2.95. The van der Waals surface area contributed by atoms with Crippen LogP contribution in [-0.2, 0) is 42.9 Å². The summed E-state index contributed by atoms with van der Waals surface area (Å²) >= 11 is 0. The lowest BCUT2D eigenvalue weighted by Crippen LogP contribution is -2.26. The molecule has 234 valence electrons. The van der Waals surface area contributed by atoms with Gasteiger partial charge in [-0.05, 0) is 38.5 Å². The number of hydrogen-bond donors (Lipinski definition) is 0. The predicted molar refractivity (Wildman–Crippen MR) is 154 cm³/mol.